The van der Waals surface area contributed by atoms with E-state index < -0.39 is 6.04 Å². The molecule has 102 valence electrons. The van der Waals surface area contributed by atoms with E-state index in [4.69, 9.17) is 23.2 Å². The molecule has 1 atom stereocenters. The van der Waals surface area contributed by atoms with Gasteiger partial charge in [-0.2, -0.15) is 0 Å². The number of hydrogen-bond acceptors (Lipinski definition) is 2. The van der Waals surface area contributed by atoms with Gasteiger partial charge in [-0.25, -0.2) is 0 Å². The van der Waals surface area contributed by atoms with Gasteiger partial charge in [0.2, 0.25) is 11.8 Å². The van der Waals surface area contributed by atoms with E-state index in [1.807, 2.05) is 13.8 Å². The second-order valence-corrected chi connectivity index (χ2v) is 5.53. The predicted molar refractivity (Wildman–Crippen MR) is 75.6 cm³/mol. The summed E-state index contributed by atoms with van der Waals surface area (Å²) in [6.07, 6.45) is 0. The van der Waals surface area contributed by atoms with E-state index in [0.717, 1.165) is 0 Å². The maximum Gasteiger partial charge on any atom is 0.247 e. The second-order valence-electron chi connectivity index (χ2n) is 4.74. The molecule has 2 rings (SSSR count). The summed E-state index contributed by atoms with van der Waals surface area (Å²) in [6.45, 7) is 3.74. The molecule has 2 amide bonds. The van der Waals surface area contributed by atoms with E-state index in [1.165, 1.54) is 4.90 Å². The number of anilines is 1. The fraction of sp³-hybridized carbons (Fsp3) is 0.385. The maximum atomic E-state index is 12.1. The molecule has 1 aliphatic rings. The number of piperazine rings is 1. The summed E-state index contributed by atoms with van der Waals surface area (Å²) >= 11 is 12.1. The molecule has 0 bridgehead atoms. The molecule has 0 aliphatic carbocycles. The predicted octanol–water partition coefficient (Wildman–Crippen LogP) is 2.48. The summed E-state index contributed by atoms with van der Waals surface area (Å²) in [5.41, 5.74) is 0.479. The lowest BCUT2D eigenvalue weighted by molar-refractivity contribution is -0.131. The lowest BCUT2D eigenvalue weighted by Crippen LogP contribution is -2.60. The van der Waals surface area contributed by atoms with Crippen LogP contribution in [-0.2, 0) is 9.59 Å². The van der Waals surface area contributed by atoms with Gasteiger partial charge in [-0.05, 0) is 18.1 Å². The van der Waals surface area contributed by atoms with Crippen LogP contribution in [0.4, 0.5) is 5.69 Å². The summed E-state index contributed by atoms with van der Waals surface area (Å²) in [5.74, 6) is -0.396. The number of carbonyl (C=O) groups excluding carboxylic acids is 2. The third-order valence-corrected chi connectivity index (χ3v) is 3.86. The molecule has 6 heteroatoms. The van der Waals surface area contributed by atoms with Gasteiger partial charge in [-0.1, -0.05) is 43.1 Å². The Morgan fingerprint density at radius 1 is 1.32 bits per heavy atom. The fourth-order valence-electron chi connectivity index (χ4n) is 2.19. The first-order valence-electron chi connectivity index (χ1n) is 5.97. The Kier molecular flexibility index (Phi) is 4.02. The van der Waals surface area contributed by atoms with Crippen molar-refractivity contribution in [1.82, 2.24) is 5.32 Å². The smallest absolute Gasteiger partial charge is 0.247 e. The summed E-state index contributed by atoms with van der Waals surface area (Å²) in [4.78, 5) is 25.6. The zero-order valence-electron chi connectivity index (χ0n) is 10.6. The van der Waals surface area contributed by atoms with E-state index in [-0.39, 0.29) is 29.3 Å². The Balaban J connectivity index is 2.51. The first kappa shape index (κ1) is 14.2. The maximum absolute atomic E-state index is 12.1. The molecule has 1 aromatic rings. The van der Waals surface area contributed by atoms with Crippen LogP contribution in [0.3, 0.4) is 0 Å². The van der Waals surface area contributed by atoms with Gasteiger partial charge in [-0.3, -0.25) is 14.5 Å². The molecule has 1 unspecified atom stereocenters. The molecular formula is C13H14Cl2N2O2. The van der Waals surface area contributed by atoms with Crippen molar-refractivity contribution in [2.45, 2.75) is 19.9 Å². The highest BCUT2D eigenvalue weighted by atomic mass is 35.5. The van der Waals surface area contributed by atoms with Gasteiger partial charge < -0.3 is 5.32 Å². The summed E-state index contributed by atoms with van der Waals surface area (Å²) in [5, 5.41) is 3.24. The monoisotopic (exact) mass is 300 g/mol. The minimum atomic E-state index is -0.572. The van der Waals surface area contributed by atoms with Crippen molar-refractivity contribution in [3.63, 3.8) is 0 Å². The molecule has 1 saturated heterocycles. The number of rotatable bonds is 2. The van der Waals surface area contributed by atoms with Gasteiger partial charge in [0, 0.05) is 0 Å². The number of halogens is 2. The number of benzene rings is 1. The number of carbonyl (C=O) groups is 2. The van der Waals surface area contributed by atoms with Crippen molar-refractivity contribution in [2.75, 3.05) is 11.4 Å². The van der Waals surface area contributed by atoms with Gasteiger partial charge in [0.05, 0.1) is 22.3 Å². The largest absolute Gasteiger partial charge is 0.345 e. The van der Waals surface area contributed by atoms with Crippen LogP contribution in [0, 0.1) is 5.92 Å². The van der Waals surface area contributed by atoms with Gasteiger partial charge in [0.15, 0.2) is 0 Å². The number of amides is 2. The van der Waals surface area contributed by atoms with Crippen molar-refractivity contribution in [2.24, 2.45) is 5.92 Å². The molecule has 0 aromatic heterocycles. The van der Waals surface area contributed by atoms with Gasteiger partial charge in [0.25, 0.3) is 0 Å². The number of hydrogen-bond donors (Lipinski definition) is 1. The Hall–Kier alpha value is -1.26. The van der Waals surface area contributed by atoms with Crippen LogP contribution in [0.5, 0.6) is 0 Å². The molecule has 0 spiro atoms. The highest BCUT2D eigenvalue weighted by Gasteiger charge is 2.38. The van der Waals surface area contributed by atoms with Crippen LogP contribution in [0.2, 0.25) is 10.0 Å². The summed E-state index contributed by atoms with van der Waals surface area (Å²) < 4.78 is 0. The SMILES string of the molecule is CC(C)C1C(=O)NCC(=O)N1c1cccc(Cl)c1Cl. The lowest BCUT2D eigenvalue weighted by atomic mass is 9.98. The summed E-state index contributed by atoms with van der Waals surface area (Å²) in [7, 11) is 0. The fourth-order valence-corrected chi connectivity index (χ4v) is 2.57. The molecule has 1 heterocycles. The minimum absolute atomic E-state index is 0.0229. The van der Waals surface area contributed by atoms with Crippen LogP contribution in [0.25, 0.3) is 0 Å². The first-order valence-corrected chi connectivity index (χ1v) is 6.73. The third kappa shape index (κ3) is 2.55. The molecule has 1 aromatic carbocycles. The molecule has 1 N–H and O–H groups in total. The molecular weight excluding hydrogens is 287 g/mol. The van der Waals surface area contributed by atoms with Crippen LogP contribution in [0.15, 0.2) is 18.2 Å². The zero-order valence-corrected chi connectivity index (χ0v) is 12.1. The Morgan fingerprint density at radius 2 is 2.00 bits per heavy atom. The topological polar surface area (TPSA) is 49.4 Å². The van der Waals surface area contributed by atoms with E-state index in [0.29, 0.717) is 10.7 Å². The zero-order chi connectivity index (χ0) is 14.2. The molecule has 19 heavy (non-hydrogen) atoms. The van der Waals surface area contributed by atoms with Crippen LogP contribution >= 0.6 is 23.2 Å². The highest BCUT2D eigenvalue weighted by molar-refractivity contribution is 6.44. The quantitative estimate of drug-likeness (QED) is 0.912. The third-order valence-electron chi connectivity index (χ3n) is 3.05. The van der Waals surface area contributed by atoms with Crippen LogP contribution in [-0.4, -0.2) is 24.4 Å². The van der Waals surface area contributed by atoms with Crippen molar-refractivity contribution in [1.29, 1.82) is 0 Å². The van der Waals surface area contributed by atoms with E-state index in [9.17, 15) is 9.59 Å². The molecule has 0 radical (unpaired) electrons. The summed E-state index contributed by atoms with van der Waals surface area (Å²) in [6, 6.07) is 4.48. The van der Waals surface area contributed by atoms with Crippen molar-refractivity contribution < 1.29 is 9.59 Å². The van der Waals surface area contributed by atoms with Gasteiger partial charge >= 0.3 is 0 Å². The molecule has 1 fully saturated rings. The van der Waals surface area contributed by atoms with Gasteiger partial charge in [-0.15, -0.1) is 0 Å². The van der Waals surface area contributed by atoms with E-state index in [2.05, 4.69) is 5.32 Å². The Labute approximate surface area is 121 Å². The average molecular weight is 301 g/mol. The Morgan fingerprint density at radius 3 is 2.63 bits per heavy atom. The highest BCUT2D eigenvalue weighted by Crippen LogP contribution is 2.35. The number of nitrogens with one attached hydrogen (secondary N) is 1. The molecule has 0 saturated carbocycles. The van der Waals surface area contributed by atoms with Gasteiger partial charge in [0.1, 0.15) is 6.04 Å². The second kappa shape index (κ2) is 5.39. The lowest BCUT2D eigenvalue weighted by Gasteiger charge is -2.37. The molecule has 1 aliphatic heterocycles. The molecule has 4 nitrogen and oxygen atoms in total. The van der Waals surface area contributed by atoms with E-state index >= 15 is 0 Å². The van der Waals surface area contributed by atoms with Crippen LogP contribution < -0.4 is 10.2 Å². The van der Waals surface area contributed by atoms with Crippen molar-refractivity contribution in [3.8, 4) is 0 Å². The Bertz CT molecular complexity index is 531. The normalized spacial score (nSPS) is 19.8. The average Bonchev–Trinajstić information content (AvgIpc) is 2.35. The van der Waals surface area contributed by atoms with E-state index in [1.54, 1.807) is 18.2 Å². The van der Waals surface area contributed by atoms with Crippen LogP contribution in [0.1, 0.15) is 13.8 Å². The van der Waals surface area contributed by atoms with Crippen molar-refractivity contribution >= 4 is 40.7 Å². The first-order chi connectivity index (χ1) is 8.93. The number of nitrogens with zero attached hydrogens (tertiary/aromatic N) is 1. The standard InChI is InChI=1S/C13H14Cl2N2O2/c1-7(2)12-13(19)16-6-10(18)17(12)9-5-3-4-8(14)11(9)15/h3-5,7,12H,6H2,1-2H3,(H,16,19). The van der Waals surface area contributed by atoms with Crippen molar-refractivity contribution in [3.05, 3.63) is 28.2 Å². The minimum Gasteiger partial charge on any atom is -0.345 e.